The lowest BCUT2D eigenvalue weighted by Gasteiger charge is -2.20. The van der Waals surface area contributed by atoms with Gasteiger partial charge in [-0.2, -0.15) is 5.10 Å². The van der Waals surface area contributed by atoms with Crippen LogP contribution in [0.15, 0.2) is 47.5 Å². The van der Waals surface area contributed by atoms with Crippen LogP contribution in [-0.4, -0.2) is 32.8 Å². The Hall–Kier alpha value is -2.40. The minimum absolute atomic E-state index is 0.00402. The number of aromatic amines is 1. The van der Waals surface area contributed by atoms with E-state index in [-0.39, 0.29) is 5.56 Å². The highest BCUT2D eigenvalue weighted by Gasteiger charge is 2.09. The molecular formula is C18H22N4O. The number of aryl methyl sites for hydroxylation is 1. The third kappa shape index (κ3) is 3.51. The number of fused-ring (bicyclic) bond motifs is 1. The van der Waals surface area contributed by atoms with Gasteiger partial charge < -0.3 is 4.98 Å². The van der Waals surface area contributed by atoms with E-state index in [1.165, 1.54) is 0 Å². The van der Waals surface area contributed by atoms with Gasteiger partial charge in [0.05, 0.1) is 12.1 Å². The molecule has 3 aromatic rings. The number of benzene rings is 1. The first-order valence-corrected chi connectivity index (χ1v) is 7.98. The second-order valence-electron chi connectivity index (χ2n) is 5.80. The molecule has 1 aromatic carbocycles. The highest BCUT2D eigenvalue weighted by molar-refractivity contribution is 5.81. The van der Waals surface area contributed by atoms with Gasteiger partial charge in [-0.25, -0.2) is 0 Å². The highest BCUT2D eigenvalue weighted by Crippen LogP contribution is 2.15. The zero-order chi connectivity index (χ0) is 16.2. The summed E-state index contributed by atoms with van der Waals surface area (Å²) < 4.78 is 1.91. The van der Waals surface area contributed by atoms with Crippen molar-refractivity contribution in [1.82, 2.24) is 19.7 Å². The van der Waals surface area contributed by atoms with Crippen molar-refractivity contribution in [3.05, 3.63) is 64.2 Å². The monoisotopic (exact) mass is 310 g/mol. The Balaban J connectivity index is 1.79. The van der Waals surface area contributed by atoms with Crippen molar-refractivity contribution in [3.63, 3.8) is 0 Å². The quantitative estimate of drug-likeness (QED) is 0.761. The molecule has 5 nitrogen and oxygen atoms in total. The molecule has 0 aliphatic rings. The van der Waals surface area contributed by atoms with E-state index in [4.69, 9.17) is 0 Å². The van der Waals surface area contributed by atoms with E-state index >= 15 is 0 Å². The number of rotatable bonds is 6. The van der Waals surface area contributed by atoms with Crippen molar-refractivity contribution in [2.24, 2.45) is 0 Å². The number of hydrogen-bond donors (Lipinski definition) is 1. The summed E-state index contributed by atoms with van der Waals surface area (Å²) in [6, 6.07) is 10.0. The van der Waals surface area contributed by atoms with E-state index in [9.17, 15) is 4.79 Å². The van der Waals surface area contributed by atoms with Crippen molar-refractivity contribution in [2.45, 2.75) is 26.9 Å². The summed E-state index contributed by atoms with van der Waals surface area (Å²) >= 11 is 0. The maximum Gasteiger partial charge on any atom is 0.252 e. The number of hydrogen-bond acceptors (Lipinski definition) is 3. The van der Waals surface area contributed by atoms with Crippen LogP contribution in [0.1, 0.15) is 18.1 Å². The van der Waals surface area contributed by atoms with Gasteiger partial charge in [0.2, 0.25) is 0 Å². The van der Waals surface area contributed by atoms with Gasteiger partial charge in [0.1, 0.15) is 0 Å². The number of nitrogens with zero attached hydrogens (tertiary/aromatic N) is 3. The van der Waals surface area contributed by atoms with Gasteiger partial charge in [-0.1, -0.05) is 25.1 Å². The van der Waals surface area contributed by atoms with Gasteiger partial charge in [0.25, 0.3) is 5.56 Å². The number of likely N-dealkylation sites (N-methyl/N-ethyl adjacent to an activating group) is 1. The Morgan fingerprint density at radius 2 is 2.17 bits per heavy atom. The van der Waals surface area contributed by atoms with Crippen molar-refractivity contribution >= 4 is 10.9 Å². The molecule has 2 aromatic heterocycles. The number of para-hydroxylation sites is 1. The Kier molecular flexibility index (Phi) is 4.57. The molecule has 0 aliphatic carbocycles. The second kappa shape index (κ2) is 6.79. The molecule has 120 valence electrons. The van der Waals surface area contributed by atoms with Crippen LogP contribution >= 0.6 is 0 Å². The van der Waals surface area contributed by atoms with Crippen molar-refractivity contribution in [2.75, 3.05) is 13.1 Å². The number of aromatic nitrogens is 3. The van der Waals surface area contributed by atoms with Gasteiger partial charge in [-0.05, 0) is 36.6 Å². The van der Waals surface area contributed by atoms with Gasteiger partial charge >= 0.3 is 0 Å². The van der Waals surface area contributed by atoms with Crippen LogP contribution in [0.2, 0.25) is 0 Å². The van der Waals surface area contributed by atoms with E-state index in [0.717, 1.165) is 41.7 Å². The first kappa shape index (κ1) is 15.5. The van der Waals surface area contributed by atoms with E-state index in [1.807, 2.05) is 48.1 Å². The smallest absolute Gasteiger partial charge is 0.252 e. The van der Waals surface area contributed by atoms with Crippen molar-refractivity contribution < 1.29 is 0 Å². The molecule has 0 radical (unpaired) electrons. The fraction of sp³-hybridized carbons (Fsp3) is 0.333. The molecule has 2 heterocycles. The third-order valence-corrected chi connectivity index (χ3v) is 4.21. The molecule has 0 amide bonds. The summed E-state index contributed by atoms with van der Waals surface area (Å²) in [5.74, 6) is 0. The van der Waals surface area contributed by atoms with Crippen LogP contribution in [0.25, 0.3) is 10.9 Å². The van der Waals surface area contributed by atoms with Crippen LogP contribution in [0.5, 0.6) is 0 Å². The predicted molar refractivity (Wildman–Crippen MR) is 92.5 cm³/mol. The molecule has 0 saturated heterocycles. The summed E-state index contributed by atoms with van der Waals surface area (Å²) in [5.41, 5.74) is 2.84. The van der Waals surface area contributed by atoms with Crippen LogP contribution in [-0.2, 0) is 13.1 Å². The standard InChI is InChI=1S/C18H22N4O/c1-3-21(10-11-22-9-5-8-19-22)13-16-12-15-7-4-6-14(2)17(15)20-18(16)23/h4-9,12H,3,10-11,13H2,1-2H3,(H,20,23). The van der Waals surface area contributed by atoms with Crippen molar-refractivity contribution in [3.8, 4) is 0 Å². The Bertz CT molecular complexity index is 836. The minimum Gasteiger partial charge on any atom is -0.321 e. The lowest BCUT2D eigenvalue weighted by molar-refractivity contribution is 0.262. The molecule has 0 atom stereocenters. The molecule has 0 unspecified atom stereocenters. The Morgan fingerprint density at radius 3 is 2.91 bits per heavy atom. The number of nitrogens with one attached hydrogen (secondary N) is 1. The average Bonchev–Trinajstić information content (AvgIpc) is 3.06. The molecule has 23 heavy (non-hydrogen) atoms. The molecule has 0 bridgehead atoms. The fourth-order valence-corrected chi connectivity index (χ4v) is 2.81. The fourth-order valence-electron chi connectivity index (χ4n) is 2.81. The summed E-state index contributed by atoms with van der Waals surface area (Å²) in [4.78, 5) is 17.7. The first-order chi connectivity index (χ1) is 11.2. The van der Waals surface area contributed by atoms with Gasteiger partial charge in [-0.15, -0.1) is 0 Å². The number of H-pyrrole nitrogens is 1. The maximum atomic E-state index is 12.4. The lowest BCUT2D eigenvalue weighted by Crippen LogP contribution is -2.30. The Morgan fingerprint density at radius 1 is 1.30 bits per heavy atom. The molecule has 1 N–H and O–H groups in total. The minimum atomic E-state index is 0.00402. The normalized spacial score (nSPS) is 11.4. The lowest BCUT2D eigenvalue weighted by atomic mass is 10.1. The topological polar surface area (TPSA) is 53.9 Å². The summed E-state index contributed by atoms with van der Waals surface area (Å²) in [6.07, 6.45) is 3.74. The van der Waals surface area contributed by atoms with Gasteiger partial charge in [0.15, 0.2) is 0 Å². The van der Waals surface area contributed by atoms with Gasteiger partial charge in [-0.3, -0.25) is 14.4 Å². The SMILES string of the molecule is CCN(CCn1cccn1)Cc1cc2cccc(C)c2[nH]c1=O. The molecule has 0 aliphatic heterocycles. The van der Waals surface area contributed by atoms with Gasteiger partial charge in [0, 0.05) is 31.0 Å². The summed E-state index contributed by atoms with van der Waals surface area (Å²) in [5, 5.41) is 5.31. The first-order valence-electron chi connectivity index (χ1n) is 7.98. The average molecular weight is 310 g/mol. The summed E-state index contributed by atoms with van der Waals surface area (Å²) in [6.45, 7) is 7.36. The second-order valence-corrected chi connectivity index (χ2v) is 5.80. The predicted octanol–water partition coefficient (Wildman–Crippen LogP) is 2.56. The van der Waals surface area contributed by atoms with E-state index < -0.39 is 0 Å². The maximum absolute atomic E-state index is 12.4. The molecule has 0 spiro atoms. The molecule has 3 rings (SSSR count). The summed E-state index contributed by atoms with van der Waals surface area (Å²) in [7, 11) is 0. The zero-order valence-electron chi connectivity index (χ0n) is 13.6. The molecule has 0 fully saturated rings. The van der Waals surface area contributed by atoms with Crippen LogP contribution < -0.4 is 5.56 Å². The highest BCUT2D eigenvalue weighted by atomic mass is 16.1. The largest absolute Gasteiger partial charge is 0.321 e. The Labute approximate surface area is 135 Å². The van der Waals surface area contributed by atoms with Crippen LogP contribution in [0.4, 0.5) is 0 Å². The molecule has 0 saturated carbocycles. The van der Waals surface area contributed by atoms with E-state index in [2.05, 4.69) is 21.9 Å². The van der Waals surface area contributed by atoms with E-state index in [1.54, 1.807) is 6.20 Å². The number of pyridine rings is 1. The van der Waals surface area contributed by atoms with Crippen LogP contribution in [0, 0.1) is 6.92 Å². The van der Waals surface area contributed by atoms with E-state index in [0.29, 0.717) is 6.54 Å². The van der Waals surface area contributed by atoms with Crippen molar-refractivity contribution in [1.29, 1.82) is 0 Å². The molecule has 5 heteroatoms. The molecular weight excluding hydrogens is 288 g/mol. The zero-order valence-corrected chi connectivity index (χ0v) is 13.6. The van der Waals surface area contributed by atoms with Crippen LogP contribution in [0.3, 0.4) is 0 Å². The third-order valence-electron chi connectivity index (χ3n) is 4.21.